The van der Waals surface area contributed by atoms with Crippen molar-refractivity contribution in [3.05, 3.63) is 62.9 Å². The molecule has 0 radical (unpaired) electrons. The molecule has 0 saturated carbocycles. The maximum Gasteiger partial charge on any atom is 0.337 e. The highest BCUT2D eigenvalue weighted by molar-refractivity contribution is 6.42. The second-order valence-electron chi connectivity index (χ2n) is 5.96. The van der Waals surface area contributed by atoms with Crippen molar-refractivity contribution in [2.24, 2.45) is 0 Å². The summed E-state index contributed by atoms with van der Waals surface area (Å²) in [6, 6.07) is 8.17. The van der Waals surface area contributed by atoms with Gasteiger partial charge in [-0.15, -0.1) is 0 Å². The lowest BCUT2D eigenvalue weighted by atomic mass is 10.0. The number of carbonyl (C=O) groups excluding carboxylic acids is 1. The van der Waals surface area contributed by atoms with Crippen molar-refractivity contribution in [3.63, 3.8) is 0 Å². The molecule has 3 rings (SSSR count). The van der Waals surface area contributed by atoms with Crippen LogP contribution in [-0.2, 0) is 0 Å². The van der Waals surface area contributed by atoms with Crippen LogP contribution >= 0.6 is 23.2 Å². The number of rotatable bonds is 3. The highest BCUT2D eigenvalue weighted by atomic mass is 35.5. The Hall–Kier alpha value is -2.11. The molecule has 1 atom stereocenters. The highest BCUT2D eigenvalue weighted by Gasteiger charge is 2.31. The number of hydrogen-bond acceptors (Lipinski definition) is 3. The van der Waals surface area contributed by atoms with Gasteiger partial charge in [-0.05, 0) is 49.6 Å². The topological polar surface area (TPSA) is 70.5 Å². The van der Waals surface area contributed by atoms with Gasteiger partial charge < -0.3 is 10.0 Å². The van der Waals surface area contributed by atoms with Gasteiger partial charge in [-0.25, -0.2) is 9.78 Å². The van der Waals surface area contributed by atoms with Gasteiger partial charge >= 0.3 is 5.97 Å². The lowest BCUT2D eigenvalue weighted by Crippen LogP contribution is -2.31. The Balaban J connectivity index is 1.89. The minimum Gasteiger partial charge on any atom is -0.478 e. The molecule has 25 heavy (non-hydrogen) atoms. The highest BCUT2D eigenvalue weighted by Crippen LogP contribution is 2.35. The van der Waals surface area contributed by atoms with Gasteiger partial charge in [-0.3, -0.25) is 4.79 Å². The van der Waals surface area contributed by atoms with Crippen molar-refractivity contribution in [1.82, 2.24) is 9.88 Å². The van der Waals surface area contributed by atoms with E-state index in [-0.39, 0.29) is 23.2 Å². The van der Waals surface area contributed by atoms with Crippen LogP contribution < -0.4 is 0 Å². The van der Waals surface area contributed by atoms with Crippen LogP contribution in [0.1, 0.15) is 51.0 Å². The SMILES string of the molecule is Cc1nc(C(=O)N2CCCC2c2ccc(Cl)c(Cl)c2)ccc1C(=O)O. The van der Waals surface area contributed by atoms with E-state index in [2.05, 4.69) is 4.98 Å². The van der Waals surface area contributed by atoms with Gasteiger partial charge in [0.05, 0.1) is 27.3 Å². The number of aromatic nitrogens is 1. The van der Waals surface area contributed by atoms with E-state index in [1.54, 1.807) is 24.0 Å². The molecule has 0 aliphatic carbocycles. The number of hydrogen-bond donors (Lipinski definition) is 1. The van der Waals surface area contributed by atoms with E-state index in [0.29, 0.717) is 22.3 Å². The lowest BCUT2D eigenvalue weighted by molar-refractivity contribution is 0.0689. The van der Waals surface area contributed by atoms with E-state index in [9.17, 15) is 9.59 Å². The zero-order valence-electron chi connectivity index (χ0n) is 13.5. The van der Waals surface area contributed by atoms with Gasteiger partial charge in [-0.2, -0.15) is 0 Å². The van der Waals surface area contributed by atoms with Gasteiger partial charge in [0, 0.05) is 6.54 Å². The summed E-state index contributed by atoms with van der Waals surface area (Å²) in [7, 11) is 0. The molecule has 7 heteroatoms. The molecule has 130 valence electrons. The number of aryl methyl sites for hydroxylation is 1. The maximum atomic E-state index is 12.9. The number of carboxylic acids is 1. The molecule has 2 aromatic rings. The summed E-state index contributed by atoms with van der Waals surface area (Å²) < 4.78 is 0. The van der Waals surface area contributed by atoms with E-state index in [1.807, 2.05) is 6.07 Å². The Kier molecular flexibility index (Phi) is 4.97. The lowest BCUT2D eigenvalue weighted by Gasteiger charge is -2.25. The van der Waals surface area contributed by atoms with Gasteiger partial charge in [-0.1, -0.05) is 29.3 Å². The van der Waals surface area contributed by atoms with Gasteiger partial charge in [0.25, 0.3) is 5.91 Å². The Labute approximate surface area is 155 Å². The molecule has 1 N–H and O–H groups in total. The average molecular weight is 379 g/mol. The monoisotopic (exact) mass is 378 g/mol. The van der Waals surface area contributed by atoms with Crippen LogP contribution in [0.3, 0.4) is 0 Å². The van der Waals surface area contributed by atoms with Gasteiger partial charge in [0.15, 0.2) is 0 Å². The Bertz CT molecular complexity index is 854. The normalized spacial score (nSPS) is 16.9. The minimum atomic E-state index is -1.06. The largest absolute Gasteiger partial charge is 0.478 e. The predicted molar refractivity (Wildman–Crippen MR) is 95.4 cm³/mol. The zero-order valence-corrected chi connectivity index (χ0v) is 15.0. The van der Waals surface area contributed by atoms with Crippen LogP contribution in [0.5, 0.6) is 0 Å². The number of halogens is 2. The summed E-state index contributed by atoms with van der Waals surface area (Å²) in [5.74, 6) is -1.27. The van der Waals surface area contributed by atoms with E-state index < -0.39 is 5.97 Å². The van der Waals surface area contributed by atoms with Crippen LogP contribution in [0.25, 0.3) is 0 Å². The summed E-state index contributed by atoms with van der Waals surface area (Å²) in [5.41, 5.74) is 1.59. The molecule has 1 unspecified atom stereocenters. The fourth-order valence-corrected chi connectivity index (χ4v) is 3.44. The zero-order chi connectivity index (χ0) is 18.1. The fourth-order valence-electron chi connectivity index (χ4n) is 3.13. The molecule has 1 amide bonds. The number of amides is 1. The first-order valence-electron chi connectivity index (χ1n) is 7.85. The van der Waals surface area contributed by atoms with Crippen LogP contribution in [0.2, 0.25) is 10.0 Å². The standard InChI is InChI=1S/C18H16Cl2N2O3/c1-10-12(18(24)25)5-7-15(21-10)17(23)22-8-2-3-16(22)11-4-6-13(19)14(20)9-11/h4-7,9,16H,2-3,8H2,1H3,(H,24,25). The second kappa shape index (κ2) is 7.02. The molecule has 0 bridgehead atoms. The van der Waals surface area contributed by atoms with E-state index in [1.165, 1.54) is 12.1 Å². The molecular weight excluding hydrogens is 363 g/mol. The Morgan fingerprint density at radius 3 is 2.60 bits per heavy atom. The van der Waals surface area contributed by atoms with E-state index >= 15 is 0 Å². The second-order valence-corrected chi connectivity index (χ2v) is 6.78. The summed E-state index contributed by atoms with van der Waals surface area (Å²) in [6.45, 7) is 2.20. The van der Waals surface area contributed by atoms with Crippen LogP contribution in [0, 0.1) is 6.92 Å². The first-order chi connectivity index (χ1) is 11.9. The van der Waals surface area contributed by atoms with Crippen molar-refractivity contribution in [1.29, 1.82) is 0 Å². The Morgan fingerprint density at radius 2 is 1.96 bits per heavy atom. The third-order valence-electron chi connectivity index (χ3n) is 4.38. The molecule has 0 spiro atoms. The van der Waals surface area contributed by atoms with Crippen molar-refractivity contribution in [2.45, 2.75) is 25.8 Å². The molecule has 1 saturated heterocycles. The molecule has 2 heterocycles. The number of pyridine rings is 1. The van der Waals surface area contributed by atoms with Gasteiger partial charge in [0.2, 0.25) is 0 Å². The smallest absolute Gasteiger partial charge is 0.337 e. The van der Waals surface area contributed by atoms with Crippen molar-refractivity contribution in [3.8, 4) is 0 Å². The predicted octanol–water partition coefficient (Wildman–Crippen LogP) is 4.37. The summed E-state index contributed by atoms with van der Waals surface area (Å²) in [5, 5.41) is 10.0. The van der Waals surface area contributed by atoms with Crippen LogP contribution in [-0.4, -0.2) is 33.4 Å². The molecule has 5 nitrogen and oxygen atoms in total. The van der Waals surface area contributed by atoms with E-state index in [0.717, 1.165) is 18.4 Å². The number of aromatic carboxylic acids is 1. The first kappa shape index (κ1) is 17.7. The molecule has 1 aromatic heterocycles. The fraction of sp³-hybridized carbons (Fsp3) is 0.278. The summed E-state index contributed by atoms with van der Waals surface area (Å²) >= 11 is 12.1. The summed E-state index contributed by atoms with van der Waals surface area (Å²) in [4.78, 5) is 29.9. The number of nitrogens with zero attached hydrogens (tertiary/aromatic N) is 2. The number of benzene rings is 1. The quantitative estimate of drug-likeness (QED) is 0.860. The number of carbonyl (C=O) groups is 2. The maximum absolute atomic E-state index is 12.9. The minimum absolute atomic E-state index is 0.0940. The van der Waals surface area contributed by atoms with Crippen molar-refractivity contribution < 1.29 is 14.7 Å². The van der Waals surface area contributed by atoms with Crippen molar-refractivity contribution in [2.75, 3.05) is 6.54 Å². The van der Waals surface area contributed by atoms with Gasteiger partial charge in [0.1, 0.15) is 5.69 Å². The molecular formula is C18H16Cl2N2O3. The number of likely N-dealkylation sites (tertiary alicyclic amines) is 1. The van der Waals surface area contributed by atoms with E-state index in [4.69, 9.17) is 28.3 Å². The Morgan fingerprint density at radius 1 is 1.20 bits per heavy atom. The van der Waals surface area contributed by atoms with Crippen LogP contribution in [0.15, 0.2) is 30.3 Å². The average Bonchev–Trinajstić information content (AvgIpc) is 3.05. The molecule has 1 aromatic carbocycles. The summed E-state index contributed by atoms with van der Waals surface area (Å²) in [6.07, 6.45) is 1.71. The first-order valence-corrected chi connectivity index (χ1v) is 8.61. The number of carboxylic acid groups (broad SMARTS) is 1. The third-order valence-corrected chi connectivity index (χ3v) is 5.12. The third kappa shape index (κ3) is 3.48. The van der Waals surface area contributed by atoms with Crippen molar-refractivity contribution >= 4 is 35.1 Å². The van der Waals surface area contributed by atoms with Crippen LogP contribution in [0.4, 0.5) is 0 Å². The molecule has 1 fully saturated rings. The molecule has 1 aliphatic heterocycles. The molecule has 1 aliphatic rings.